The molecule has 7 nitrogen and oxygen atoms in total. The fourth-order valence-corrected chi connectivity index (χ4v) is 5.71. The van der Waals surface area contributed by atoms with E-state index in [1.807, 2.05) is 0 Å². The highest BCUT2D eigenvalue weighted by molar-refractivity contribution is 9.10. The van der Waals surface area contributed by atoms with Crippen LogP contribution in [0.15, 0.2) is 44.0 Å². The molecule has 0 atom stereocenters. The Balaban J connectivity index is 1.55. The summed E-state index contributed by atoms with van der Waals surface area (Å²) in [4.78, 5) is 32.9. The maximum absolute atomic E-state index is 12.8. The number of nitrogens with zero attached hydrogens (tertiary/aromatic N) is 2. The first-order valence-electron chi connectivity index (χ1n) is 9.60. The highest BCUT2D eigenvalue weighted by Gasteiger charge is 2.20. The Hall–Kier alpha value is -2.78. The van der Waals surface area contributed by atoms with Crippen molar-refractivity contribution in [2.45, 2.75) is 32.1 Å². The summed E-state index contributed by atoms with van der Waals surface area (Å²) in [7, 11) is 0. The van der Waals surface area contributed by atoms with Crippen molar-refractivity contribution in [3.8, 4) is 22.9 Å². The van der Waals surface area contributed by atoms with E-state index in [1.165, 1.54) is 23.4 Å². The van der Waals surface area contributed by atoms with E-state index in [9.17, 15) is 14.9 Å². The van der Waals surface area contributed by atoms with Crippen molar-refractivity contribution in [1.29, 1.82) is 0 Å². The third-order valence-corrected chi connectivity index (χ3v) is 7.19. The van der Waals surface area contributed by atoms with E-state index in [2.05, 4.69) is 25.9 Å². The number of benzene rings is 1. The van der Waals surface area contributed by atoms with Crippen LogP contribution in [0, 0.1) is 10.1 Å². The van der Waals surface area contributed by atoms with Gasteiger partial charge in [-0.3, -0.25) is 14.9 Å². The summed E-state index contributed by atoms with van der Waals surface area (Å²) < 4.78 is 6.49. The zero-order valence-corrected chi connectivity index (χ0v) is 18.1. The number of nitrogens with one attached hydrogen (secondary N) is 1. The molecule has 152 valence electrons. The zero-order chi connectivity index (χ0) is 20.8. The van der Waals surface area contributed by atoms with Crippen molar-refractivity contribution in [1.82, 2.24) is 9.97 Å². The Kier molecular flexibility index (Phi) is 4.79. The number of non-ortho nitro benzene ring substituents is 1. The lowest BCUT2D eigenvalue weighted by Gasteiger charge is -2.02. The minimum atomic E-state index is -0.450. The van der Waals surface area contributed by atoms with Gasteiger partial charge in [-0.2, -0.15) is 0 Å². The number of halogens is 1. The fraction of sp³-hybridized carbons (Fsp3) is 0.238. The summed E-state index contributed by atoms with van der Waals surface area (Å²) in [5, 5.41) is 11.7. The van der Waals surface area contributed by atoms with Crippen molar-refractivity contribution in [2.24, 2.45) is 0 Å². The van der Waals surface area contributed by atoms with Gasteiger partial charge in [0, 0.05) is 27.0 Å². The number of rotatable bonds is 3. The normalized spacial score (nSPS) is 13.9. The monoisotopic (exact) mass is 485 g/mol. The van der Waals surface area contributed by atoms with Crippen LogP contribution in [0.25, 0.3) is 33.1 Å². The van der Waals surface area contributed by atoms with Crippen LogP contribution in [0.2, 0.25) is 0 Å². The van der Waals surface area contributed by atoms with Crippen molar-refractivity contribution < 1.29 is 9.34 Å². The third-order valence-electron chi connectivity index (χ3n) is 5.34. The Morgan fingerprint density at radius 2 is 1.93 bits per heavy atom. The maximum atomic E-state index is 12.8. The fourth-order valence-electron chi connectivity index (χ4n) is 3.88. The number of nitro benzene ring substituents is 1. The average Bonchev–Trinajstić information content (AvgIpc) is 3.27. The van der Waals surface area contributed by atoms with Crippen LogP contribution in [0.5, 0.6) is 0 Å². The molecular weight excluding hydrogens is 470 g/mol. The summed E-state index contributed by atoms with van der Waals surface area (Å²) in [5.74, 6) is 1.35. The Morgan fingerprint density at radius 3 is 2.73 bits per heavy atom. The first-order chi connectivity index (χ1) is 14.5. The first kappa shape index (κ1) is 19.2. The third kappa shape index (κ3) is 3.27. The van der Waals surface area contributed by atoms with Gasteiger partial charge in [0.2, 0.25) is 0 Å². The number of aromatic amines is 1. The molecule has 1 aliphatic carbocycles. The van der Waals surface area contributed by atoms with Crippen LogP contribution in [-0.4, -0.2) is 14.9 Å². The summed E-state index contributed by atoms with van der Waals surface area (Å²) in [6.45, 7) is 0. The van der Waals surface area contributed by atoms with Gasteiger partial charge < -0.3 is 9.40 Å². The topological polar surface area (TPSA) is 102 Å². The second-order valence-corrected chi connectivity index (χ2v) is 9.18. The van der Waals surface area contributed by atoms with Gasteiger partial charge in [0.1, 0.15) is 10.6 Å². The van der Waals surface area contributed by atoms with Gasteiger partial charge >= 0.3 is 0 Å². The molecule has 30 heavy (non-hydrogen) atoms. The van der Waals surface area contributed by atoms with Crippen LogP contribution in [-0.2, 0) is 12.8 Å². The van der Waals surface area contributed by atoms with Crippen LogP contribution in [0.3, 0.4) is 0 Å². The molecule has 0 aliphatic heterocycles. The maximum Gasteiger partial charge on any atom is 0.270 e. The van der Waals surface area contributed by atoms with Crippen LogP contribution in [0.1, 0.15) is 29.7 Å². The van der Waals surface area contributed by atoms with Gasteiger partial charge in [0.05, 0.1) is 10.3 Å². The van der Waals surface area contributed by atoms with Gasteiger partial charge in [0.25, 0.3) is 11.2 Å². The van der Waals surface area contributed by atoms with E-state index >= 15 is 0 Å². The van der Waals surface area contributed by atoms with E-state index in [0.717, 1.165) is 36.1 Å². The molecule has 0 amide bonds. The smallest absolute Gasteiger partial charge is 0.270 e. The Bertz CT molecular complexity index is 1350. The number of fused-ring (bicyclic) bond motifs is 3. The van der Waals surface area contributed by atoms with Gasteiger partial charge in [-0.25, -0.2) is 4.98 Å². The average molecular weight is 486 g/mol. The first-order valence-corrected chi connectivity index (χ1v) is 11.2. The molecule has 0 saturated heterocycles. The lowest BCUT2D eigenvalue weighted by molar-refractivity contribution is -0.384. The summed E-state index contributed by atoms with van der Waals surface area (Å²) in [6.07, 6.45) is 5.38. The molecule has 1 aromatic carbocycles. The molecule has 0 radical (unpaired) electrons. The minimum absolute atomic E-state index is 0.00804. The lowest BCUT2D eigenvalue weighted by Crippen LogP contribution is -2.09. The summed E-state index contributed by atoms with van der Waals surface area (Å²) >= 11 is 4.97. The van der Waals surface area contributed by atoms with Gasteiger partial charge in [0.15, 0.2) is 11.6 Å². The molecule has 1 aliphatic rings. The molecule has 4 aromatic rings. The van der Waals surface area contributed by atoms with E-state index in [0.29, 0.717) is 32.8 Å². The van der Waals surface area contributed by atoms with E-state index < -0.39 is 4.92 Å². The van der Waals surface area contributed by atoms with E-state index in [4.69, 9.17) is 4.42 Å². The van der Waals surface area contributed by atoms with Gasteiger partial charge in [-0.05, 0) is 65.4 Å². The number of hydrogen-bond donors (Lipinski definition) is 1. The van der Waals surface area contributed by atoms with Crippen molar-refractivity contribution in [3.05, 3.63) is 65.7 Å². The zero-order valence-electron chi connectivity index (χ0n) is 15.7. The number of nitro groups is 1. The van der Waals surface area contributed by atoms with E-state index in [1.54, 1.807) is 29.5 Å². The van der Waals surface area contributed by atoms with Gasteiger partial charge in [-0.15, -0.1) is 11.3 Å². The van der Waals surface area contributed by atoms with Crippen LogP contribution in [0.4, 0.5) is 5.69 Å². The van der Waals surface area contributed by atoms with Crippen molar-refractivity contribution >= 4 is 43.2 Å². The molecule has 5 rings (SSSR count). The quantitative estimate of drug-likeness (QED) is 0.222. The second kappa shape index (κ2) is 7.48. The number of H-pyrrole nitrogens is 1. The van der Waals surface area contributed by atoms with E-state index in [-0.39, 0.29) is 11.2 Å². The molecule has 0 spiro atoms. The van der Waals surface area contributed by atoms with Crippen LogP contribution >= 0.6 is 27.3 Å². The molecule has 3 aromatic heterocycles. The lowest BCUT2D eigenvalue weighted by atomic mass is 10.1. The molecule has 3 heterocycles. The molecule has 0 saturated carbocycles. The number of thiophene rings is 1. The molecule has 0 bridgehead atoms. The number of aryl methyl sites for hydroxylation is 2. The molecule has 0 fully saturated rings. The van der Waals surface area contributed by atoms with Crippen molar-refractivity contribution in [3.63, 3.8) is 0 Å². The predicted octanol–water partition coefficient (Wildman–Crippen LogP) is 5.85. The minimum Gasteiger partial charge on any atom is -0.453 e. The SMILES string of the molecule is O=c1[nH]c(-c2ccc(-c3ccc([N+](=O)[O-])cc3Br)o2)nc2sc3c(c12)CCCCC3. The van der Waals surface area contributed by atoms with Crippen LogP contribution < -0.4 is 5.56 Å². The van der Waals surface area contributed by atoms with Crippen molar-refractivity contribution in [2.75, 3.05) is 0 Å². The summed E-state index contributed by atoms with van der Waals surface area (Å²) in [5.41, 5.74) is 1.69. The Morgan fingerprint density at radius 1 is 1.13 bits per heavy atom. The number of hydrogen-bond acceptors (Lipinski definition) is 6. The standard InChI is InChI=1S/C21H16BrN3O4S/c22-14-10-11(25(27)28)6-7-12(14)15-8-9-16(29-15)19-23-20(26)18-13-4-2-1-3-5-17(13)30-21(18)24-19/h6-10H,1-5H2,(H,23,24,26). The predicted molar refractivity (Wildman–Crippen MR) is 119 cm³/mol. The molecule has 0 unspecified atom stereocenters. The summed E-state index contributed by atoms with van der Waals surface area (Å²) in [6, 6.07) is 7.98. The molecular formula is C21H16BrN3O4S. The number of furan rings is 1. The largest absolute Gasteiger partial charge is 0.453 e. The molecule has 9 heteroatoms. The van der Waals surface area contributed by atoms with Gasteiger partial charge in [-0.1, -0.05) is 6.42 Å². The highest BCUT2D eigenvalue weighted by Crippen LogP contribution is 2.36. The number of aromatic nitrogens is 2. The Labute approximate surface area is 183 Å². The molecule has 1 N–H and O–H groups in total. The highest BCUT2D eigenvalue weighted by atomic mass is 79.9. The second-order valence-electron chi connectivity index (χ2n) is 7.24.